The summed E-state index contributed by atoms with van der Waals surface area (Å²) >= 11 is 1.89. The van der Waals surface area contributed by atoms with Crippen LogP contribution in [0.3, 0.4) is 0 Å². The number of nitrogens with zero attached hydrogens (tertiary/aromatic N) is 2. The average molecular weight is 711 g/mol. The summed E-state index contributed by atoms with van der Waals surface area (Å²) in [5.74, 6) is 0. The number of benzene rings is 8. The van der Waals surface area contributed by atoms with Crippen molar-refractivity contribution >= 4 is 70.4 Å². The van der Waals surface area contributed by atoms with Gasteiger partial charge in [-0.2, -0.15) is 0 Å². The summed E-state index contributed by atoms with van der Waals surface area (Å²) in [4.78, 5) is 2.48. The fourth-order valence-corrected chi connectivity index (χ4v) is 9.57. The van der Waals surface area contributed by atoms with Gasteiger partial charge in [-0.1, -0.05) is 121 Å². The predicted octanol–water partition coefficient (Wildman–Crippen LogP) is 14.9. The highest BCUT2D eigenvalue weighted by Gasteiger charge is 2.23. The van der Waals surface area contributed by atoms with Crippen LogP contribution in [0.5, 0.6) is 0 Å². The lowest BCUT2D eigenvalue weighted by molar-refractivity contribution is 1.18. The van der Waals surface area contributed by atoms with Crippen LogP contribution in [-0.4, -0.2) is 4.57 Å². The first-order valence-electron chi connectivity index (χ1n) is 18.6. The molecule has 0 aliphatic carbocycles. The molecule has 0 N–H and O–H groups in total. The minimum absolute atomic E-state index is 1.15. The summed E-state index contributed by atoms with van der Waals surface area (Å²) in [6.45, 7) is 6.65. The van der Waals surface area contributed by atoms with E-state index in [9.17, 15) is 0 Å². The van der Waals surface area contributed by atoms with Crippen LogP contribution in [0.1, 0.15) is 16.7 Å². The zero-order chi connectivity index (χ0) is 36.3. The van der Waals surface area contributed by atoms with Gasteiger partial charge in [-0.3, -0.25) is 0 Å². The van der Waals surface area contributed by atoms with Crippen molar-refractivity contribution in [1.29, 1.82) is 0 Å². The Bertz CT molecular complexity index is 2970. The largest absolute Gasteiger partial charge is 0.310 e. The number of para-hydroxylation sites is 2. The first-order chi connectivity index (χ1) is 26.5. The molecule has 0 unspecified atom stereocenters. The number of aryl methyl sites for hydroxylation is 3. The van der Waals surface area contributed by atoms with Gasteiger partial charge in [0.05, 0.1) is 16.7 Å². The number of aromatic nitrogens is 1. The molecular formula is C51H38N2S. The third-order valence-electron chi connectivity index (χ3n) is 10.9. The van der Waals surface area contributed by atoms with Gasteiger partial charge >= 0.3 is 0 Å². The SMILES string of the molecule is Cc1ccc(N(c2cc(C)c(-c3ccccc3)cc2C)c2ccc(-c3cccc(-n4c5ccccc5c5ccccc54)c3)c3sc4ccccc4c23)cc1. The number of fused-ring (bicyclic) bond motifs is 6. The Labute approximate surface area is 319 Å². The van der Waals surface area contributed by atoms with E-state index in [1.165, 1.54) is 92.3 Å². The first-order valence-corrected chi connectivity index (χ1v) is 19.4. The fraction of sp³-hybridized carbons (Fsp3) is 0.0588. The van der Waals surface area contributed by atoms with Crippen LogP contribution < -0.4 is 4.90 Å². The molecule has 0 fully saturated rings. The maximum Gasteiger partial charge on any atom is 0.0555 e. The molecule has 2 nitrogen and oxygen atoms in total. The van der Waals surface area contributed by atoms with E-state index in [4.69, 9.17) is 0 Å². The molecule has 10 rings (SSSR count). The van der Waals surface area contributed by atoms with E-state index in [1.54, 1.807) is 0 Å². The van der Waals surface area contributed by atoms with Gasteiger partial charge in [0, 0.05) is 48.0 Å². The van der Waals surface area contributed by atoms with Gasteiger partial charge in [0.25, 0.3) is 0 Å². The van der Waals surface area contributed by atoms with E-state index < -0.39 is 0 Å². The minimum Gasteiger partial charge on any atom is -0.310 e. The second-order valence-electron chi connectivity index (χ2n) is 14.3. The Morgan fingerprint density at radius 2 is 1.11 bits per heavy atom. The Kier molecular flexibility index (Phi) is 7.71. The summed E-state index contributed by atoms with van der Waals surface area (Å²) in [6.07, 6.45) is 0. The maximum absolute atomic E-state index is 2.48. The molecule has 10 aromatic rings. The summed E-state index contributed by atoms with van der Waals surface area (Å²) in [5.41, 5.74) is 15.8. The van der Waals surface area contributed by atoms with Crippen molar-refractivity contribution in [2.24, 2.45) is 0 Å². The molecule has 0 aliphatic heterocycles. The van der Waals surface area contributed by atoms with Gasteiger partial charge in [0.15, 0.2) is 0 Å². The lowest BCUT2D eigenvalue weighted by Crippen LogP contribution is -2.12. The van der Waals surface area contributed by atoms with Crippen LogP contribution in [0.25, 0.3) is 69.9 Å². The summed E-state index contributed by atoms with van der Waals surface area (Å²) in [5, 5.41) is 5.10. The highest BCUT2D eigenvalue weighted by atomic mass is 32.1. The van der Waals surface area contributed by atoms with Gasteiger partial charge < -0.3 is 9.47 Å². The van der Waals surface area contributed by atoms with Crippen molar-refractivity contribution in [3.63, 3.8) is 0 Å². The first kappa shape index (κ1) is 32.2. The van der Waals surface area contributed by atoms with Crippen LogP contribution in [0.4, 0.5) is 17.1 Å². The topological polar surface area (TPSA) is 8.17 Å². The van der Waals surface area contributed by atoms with Gasteiger partial charge in [0.2, 0.25) is 0 Å². The van der Waals surface area contributed by atoms with Crippen molar-refractivity contribution in [2.75, 3.05) is 4.90 Å². The van der Waals surface area contributed by atoms with Crippen molar-refractivity contribution < 1.29 is 0 Å². The number of rotatable bonds is 6. The van der Waals surface area contributed by atoms with Crippen molar-refractivity contribution in [2.45, 2.75) is 20.8 Å². The normalized spacial score (nSPS) is 11.6. The molecule has 0 bridgehead atoms. The summed E-state index contributed by atoms with van der Waals surface area (Å²) < 4.78 is 4.99. The molecule has 0 amide bonds. The van der Waals surface area contributed by atoms with E-state index in [-0.39, 0.29) is 0 Å². The zero-order valence-corrected chi connectivity index (χ0v) is 31.4. The molecule has 0 atom stereocenters. The molecule has 0 aliphatic rings. The molecule has 3 heteroatoms. The highest BCUT2D eigenvalue weighted by Crippen LogP contribution is 2.49. The average Bonchev–Trinajstić information content (AvgIpc) is 3.77. The molecule has 0 saturated carbocycles. The molecule has 2 heterocycles. The number of hydrogen-bond acceptors (Lipinski definition) is 2. The molecule has 2 aromatic heterocycles. The van der Waals surface area contributed by atoms with Crippen LogP contribution in [0.2, 0.25) is 0 Å². The Balaban J connectivity index is 1.20. The Morgan fingerprint density at radius 1 is 0.463 bits per heavy atom. The summed E-state index contributed by atoms with van der Waals surface area (Å²) in [6, 6.07) is 64.6. The van der Waals surface area contributed by atoms with Crippen LogP contribution in [-0.2, 0) is 0 Å². The van der Waals surface area contributed by atoms with Gasteiger partial charge in [-0.15, -0.1) is 11.3 Å². The molecule has 54 heavy (non-hydrogen) atoms. The molecule has 0 saturated heterocycles. The highest BCUT2D eigenvalue weighted by molar-refractivity contribution is 7.26. The van der Waals surface area contributed by atoms with Gasteiger partial charge in [-0.05, 0) is 115 Å². The Hall–Kier alpha value is -6.42. The van der Waals surface area contributed by atoms with Crippen LogP contribution in [0.15, 0.2) is 176 Å². The van der Waals surface area contributed by atoms with E-state index in [1.807, 2.05) is 11.3 Å². The molecule has 0 spiro atoms. The monoisotopic (exact) mass is 710 g/mol. The van der Waals surface area contributed by atoms with Crippen molar-refractivity contribution in [3.05, 3.63) is 193 Å². The van der Waals surface area contributed by atoms with E-state index >= 15 is 0 Å². The van der Waals surface area contributed by atoms with E-state index in [0.29, 0.717) is 0 Å². The number of hydrogen-bond donors (Lipinski definition) is 0. The van der Waals surface area contributed by atoms with Crippen LogP contribution in [0, 0.1) is 20.8 Å². The number of thiophene rings is 1. The van der Waals surface area contributed by atoms with E-state index in [2.05, 4.69) is 206 Å². The zero-order valence-electron chi connectivity index (χ0n) is 30.5. The van der Waals surface area contributed by atoms with Gasteiger partial charge in [0.1, 0.15) is 0 Å². The smallest absolute Gasteiger partial charge is 0.0555 e. The summed E-state index contributed by atoms with van der Waals surface area (Å²) in [7, 11) is 0. The molecule has 0 radical (unpaired) electrons. The fourth-order valence-electron chi connectivity index (χ4n) is 8.31. The lowest BCUT2D eigenvalue weighted by atomic mass is 9.95. The predicted molar refractivity (Wildman–Crippen MR) is 233 cm³/mol. The third kappa shape index (κ3) is 5.23. The van der Waals surface area contributed by atoms with Gasteiger partial charge in [-0.25, -0.2) is 0 Å². The second kappa shape index (κ2) is 12.9. The number of anilines is 3. The second-order valence-corrected chi connectivity index (χ2v) is 15.4. The minimum atomic E-state index is 1.15. The van der Waals surface area contributed by atoms with Crippen molar-refractivity contribution in [3.8, 4) is 27.9 Å². The van der Waals surface area contributed by atoms with E-state index in [0.717, 1.165) is 11.4 Å². The third-order valence-corrected chi connectivity index (χ3v) is 12.1. The Morgan fingerprint density at radius 3 is 1.85 bits per heavy atom. The quantitative estimate of drug-likeness (QED) is 0.167. The molecule has 8 aromatic carbocycles. The maximum atomic E-state index is 2.48. The lowest BCUT2D eigenvalue weighted by Gasteiger charge is -2.29. The van der Waals surface area contributed by atoms with Crippen molar-refractivity contribution in [1.82, 2.24) is 4.57 Å². The van der Waals surface area contributed by atoms with Crippen LogP contribution >= 0.6 is 11.3 Å². The molecular weight excluding hydrogens is 673 g/mol. The molecule has 258 valence electrons. The standard InChI is InChI=1S/C51H38N2S/c1-33-24-26-38(27-25-33)52(48-31-34(2)44(30-35(48)3)36-14-5-4-6-15-36)47-29-28-40(51-50(47)43-20-9-12-23-49(43)54-51)37-16-13-17-39(32-37)53-45-21-10-7-18-41(45)42-19-8-11-22-46(42)53/h4-32H,1-3H3.